The molecule has 1 aromatic rings. The molecule has 134 valence electrons. The summed E-state index contributed by atoms with van der Waals surface area (Å²) >= 11 is 5.88. The molecule has 3 amide bonds. The van der Waals surface area contributed by atoms with Gasteiger partial charge in [-0.25, -0.2) is 4.79 Å². The van der Waals surface area contributed by atoms with E-state index in [1.807, 2.05) is 12.1 Å². The van der Waals surface area contributed by atoms with Gasteiger partial charge in [0.2, 0.25) is 5.91 Å². The summed E-state index contributed by atoms with van der Waals surface area (Å²) in [6.45, 7) is 1.12. The average molecular weight is 362 g/mol. The number of allylic oxidation sites excluding steroid dienone is 1. The fraction of sp³-hybridized carbons (Fsp3) is 0.474. The molecule has 2 aliphatic rings. The number of hydrogen-bond donors (Lipinski definition) is 2. The minimum Gasteiger partial charge on any atom is -0.338 e. The van der Waals surface area contributed by atoms with Crippen molar-refractivity contribution in [3.05, 3.63) is 40.9 Å². The van der Waals surface area contributed by atoms with Gasteiger partial charge >= 0.3 is 6.03 Å². The number of hydrogen-bond acceptors (Lipinski definition) is 2. The largest absolute Gasteiger partial charge is 0.338 e. The van der Waals surface area contributed by atoms with Crippen LogP contribution in [0.5, 0.6) is 0 Å². The van der Waals surface area contributed by atoms with Crippen LogP contribution in [0.15, 0.2) is 35.9 Å². The van der Waals surface area contributed by atoms with Gasteiger partial charge < -0.3 is 15.5 Å². The zero-order valence-electron chi connectivity index (χ0n) is 14.3. The van der Waals surface area contributed by atoms with Gasteiger partial charge in [-0.1, -0.05) is 23.3 Å². The molecule has 0 radical (unpaired) electrons. The van der Waals surface area contributed by atoms with E-state index in [1.165, 1.54) is 18.4 Å². The molecule has 1 fully saturated rings. The highest BCUT2D eigenvalue weighted by molar-refractivity contribution is 6.30. The van der Waals surface area contributed by atoms with E-state index in [2.05, 4.69) is 16.7 Å². The van der Waals surface area contributed by atoms with E-state index in [4.69, 9.17) is 11.6 Å². The molecule has 0 spiro atoms. The Bertz CT molecular complexity index is 657. The Balaban J connectivity index is 1.43. The number of carbonyl (C=O) groups is 2. The minimum absolute atomic E-state index is 0.0139. The number of anilines is 1. The second-order valence-electron chi connectivity index (χ2n) is 6.64. The van der Waals surface area contributed by atoms with Crippen LogP contribution in [0, 0.1) is 0 Å². The van der Waals surface area contributed by atoms with Crippen molar-refractivity contribution in [1.29, 1.82) is 0 Å². The highest BCUT2D eigenvalue weighted by Gasteiger charge is 2.31. The fourth-order valence-electron chi connectivity index (χ4n) is 3.38. The fourth-order valence-corrected chi connectivity index (χ4v) is 3.51. The number of halogens is 1. The van der Waals surface area contributed by atoms with Crippen molar-refractivity contribution < 1.29 is 9.59 Å². The molecule has 0 saturated carbocycles. The number of benzene rings is 1. The summed E-state index contributed by atoms with van der Waals surface area (Å²) in [6.07, 6.45) is 8.36. The third-order valence-corrected chi connectivity index (χ3v) is 4.97. The highest BCUT2D eigenvalue weighted by atomic mass is 35.5. The Hall–Kier alpha value is -2.01. The molecule has 25 heavy (non-hydrogen) atoms. The number of urea groups is 1. The smallest absolute Gasteiger partial charge is 0.315 e. The summed E-state index contributed by atoms with van der Waals surface area (Å²) in [5, 5.41) is 6.43. The molecule has 3 rings (SSSR count). The van der Waals surface area contributed by atoms with E-state index in [0.29, 0.717) is 24.5 Å². The minimum atomic E-state index is -0.202. The Kier molecular flexibility index (Phi) is 5.97. The van der Waals surface area contributed by atoms with Gasteiger partial charge in [0.05, 0.1) is 6.04 Å². The Labute approximate surface area is 153 Å². The summed E-state index contributed by atoms with van der Waals surface area (Å²) in [5.41, 5.74) is 2.25. The maximum atomic E-state index is 12.2. The van der Waals surface area contributed by atoms with Gasteiger partial charge in [-0.05, 0) is 56.4 Å². The molecule has 6 heteroatoms. The number of carbonyl (C=O) groups excluding carboxylic acids is 2. The summed E-state index contributed by atoms with van der Waals surface area (Å²) in [7, 11) is 0. The average Bonchev–Trinajstić information content (AvgIpc) is 2.96. The van der Waals surface area contributed by atoms with Gasteiger partial charge in [-0.2, -0.15) is 0 Å². The van der Waals surface area contributed by atoms with Gasteiger partial charge in [0, 0.05) is 30.2 Å². The van der Waals surface area contributed by atoms with Crippen molar-refractivity contribution >= 4 is 29.2 Å². The number of nitrogens with one attached hydrogen (secondary N) is 2. The van der Waals surface area contributed by atoms with Crippen molar-refractivity contribution in [3.8, 4) is 0 Å². The van der Waals surface area contributed by atoms with E-state index >= 15 is 0 Å². The highest BCUT2D eigenvalue weighted by Crippen LogP contribution is 2.23. The molecule has 1 heterocycles. The van der Waals surface area contributed by atoms with E-state index in [9.17, 15) is 9.59 Å². The monoisotopic (exact) mass is 361 g/mol. The molecule has 0 aromatic heterocycles. The molecular formula is C19H24ClN3O2. The lowest BCUT2D eigenvalue weighted by Gasteiger charge is -2.18. The maximum absolute atomic E-state index is 12.2. The third kappa shape index (κ3) is 4.98. The Morgan fingerprint density at radius 1 is 1.24 bits per heavy atom. The summed E-state index contributed by atoms with van der Waals surface area (Å²) in [5.74, 6) is 0.0139. The maximum Gasteiger partial charge on any atom is 0.315 e. The standard InChI is InChI=1S/C19H24ClN3O2/c20-15-6-8-17(9-7-15)23-13-16(12-18(23)24)22-19(25)21-11-10-14-4-2-1-3-5-14/h4,6-9,16H,1-3,5,10-13H2,(H2,21,22,25)/t16-/m1/s1. The van der Waals surface area contributed by atoms with Crippen LogP contribution in [-0.2, 0) is 4.79 Å². The van der Waals surface area contributed by atoms with Crippen molar-refractivity contribution in [2.75, 3.05) is 18.0 Å². The van der Waals surface area contributed by atoms with Crippen LogP contribution in [0.3, 0.4) is 0 Å². The molecule has 1 aliphatic carbocycles. The second kappa shape index (κ2) is 8.39. The predicted molar refractivity (Wildman–Crippen MR) is 99.9 cm³/mol. The number of nitrogens with zero attached hydrogens (tertiary/aromatic N) is 1. The number of rotatable bonds is 5. The van der Waals surface area contributed by atoms with Gasteiger partial charge in [-0.15, -0.1) is 0 Å². The first-order valence-electron chi connectivity index (χ1n) is 8.90. The molecule has 1 saturated heterocycles. The van der Waals surface area contributed by atoms with Gasteiger partial charge in [0.1, 0.15) is 0 Å². The summed E-state index contributed by atoms with van der Waals surface area (Å²) in [6, 6.07) is 6.79. The summed E-state index contributed by atoms with van der Waals surface area (Å²) in [4.78, 5) is 25.9. The first kappa shape index (κ1) is 17.8. The Morgan fingerprint density at radius 2 is 2.04 bits per heavy atom. The number of amides is 3. The lowest BCUT2D eigenvalue weighted by Crippen LogP contribution is -2.43. The zero-order chi connectivity index (χ0) is 17.6. The first-order valence-corrected chi connectivity index (χ1v) is 9.28. The SMILES string of the molecule is O=C(NCCC1=CCCCC1)N[C@@H]1CC(=O)N(c2ccc(Cl)cc2)C1. The van der Waals surface area contributed by atoms with Crippen LogP contribution in [0.1, 0.15) is 38.5 Å². The molecule has 0 unspecified atom stereocenters. The van der Waals surface area contributed by atoms with E-state index in [0.717, 1.165) is 24.9 Å². The quantitative estimate of drug-likeness (QED) is 0.786. The lowest BCUT2D eigenvalue weighted by atomic mass is 9.97. The molecule has 2 N–H and O–H groups in total. The molecule has 1 aromatic carbocycles. The van der Waals surface area contributed by atoms with Crippen LogP contribution in [0.2, 0.25) is 5.02 Å². The summed E-state index contributed by atoms with van der Waals surface area (Å²) < 4.78 is 0. The zero-order valence-corrected chi connectivity index (χ0v) is 15.0. The molecular weight excluding hydrogens is 338 g/mol. The molecule has 1 atom stereocenters. The second-order valence-corrected chi connectivity index (χ2v) is 7.08. The van der Waals surface area contributed by atoms with Gasteiger partial charge in [0.25, 0.3) is 0 Å². The first-order chi connectivity index (χ1) is 12.1. The van der Waals surface area contributed by atoms with Crippen LogP contribution in [-0.4, -0.2) is 31.1 Å². The van der Waals surface area contributed by atoms with E-state index in [1.54, 1.807) is 17.0 Å². The van der Waals surface area contributed by atoms with Gasteiger partial charge in [-0.3, -0.25) is 4.79 Å². The van der Waals surface area contributed by atoms with Crippen LogP contribution in [0.25, 0.3) is 0 Å². The third-order valence-electron chi connectivity index (χ3n) is 4.72. The predicted octanol–water partition coefficient (Wildman–Crippen LogP) is 3.64. The molecule has 0 bridgehead atoms. The van der Waals surface area contributed by atoms with Crippen molar-refractivity contribution in [3.63, 3.8) is 0 Å². The van der Waals surface area contributed by atoms with Crippen LogP contribution in [0.4, 0.5) is 10.5 Å². The lowest BCUT2D eigenvalue weighted by molar-refractivity contribution is -0.117. The van der Waals surface area contributed by atoms with E-state index in [-0.39, 0.29) is 18.0 Å². The topological polar surface area (TPSA) is 61.4 Å². The Morgan fingerprint density at radius 3 is 2.76 bits per heavy atom. The van der Waals surface area contributed by atoms with Crippen molar-refractivity contribution in [2.45, 2.75) is 44.6 Å². The van der Waals surface area contributed by atoms with Crippen LogP contribution >= 0.6 is 11.6 Å². The molecule has 5 nitrogen and oxygen atoms in total. The normalized spacial score (nSPS) is 20.4. The van der Waals surface area contributed by atoms with Crippen LogP contribution < -0.4 is 15.5 Å². The van der Waals surface area contributed by atoms with E-state index < -0.39 is 0 Å². The molecule has 1 aliphatic heterocycles. The van der Waals surface area contributed by atoms with Crippen molar-refractivity contribution in [2.24, 2.45) is 0 Å². The van der Waals surface area contributed by atoms with Crippen molar-refractivity contribution in [1.82, 2.24) is 10.6 Å². The van der Waals surface area contributed by atoms with Gasteiger partial charge in [0.15, 0.2) is 0 Å².